The molecule has 0 aliphatic heterocycles. The molecule has 0 unspecified atom stereocenters. The fourth-order valence-corrected chi connectivity index (χ4v) is 2.53. The van der Waals surface area contributed by atoms with E-state index in [1.54, 1.807) is 0 Å². The van der Waals surface area contributed by atoms with Gasteiger partial charge in [0.1, 0.15) is 0 Å². The van der Waals surface area contributed by atoms with E-state index < -0.39 is 0 Å². The number of hydrogen-bond donors (Lipinski definition) is 1. The van der Waals surface area contributed by atoms with Crippen LogP contribution in [0.1, 0.15) is 30.5 Å². The molecule has 0 aliphatic rings. The molecular weight excluding hydrogens is 216 g/mol. The fraction of sp³-hybridized carbons (Fsp3) is 0.692. The first-order valence-electron chi connectivity index (χ1n) is 6.08. The summed E-state index contributed by atoms with van der Waals surface area (Å²) < 4.78 is 0. The van der Waals surface area contributed by atoms with Crippen LogP contribution >= 0.6 is 11.3 Å². The van der Waals surface area contributed by atoms with E-state index in [2.05, 4.69) is 50.2 Å². The monoisotopic (exact) mass is 240 g/mol. The van der Waals surface area contributed by atoms with Gasteiger partial charge in [0.05, 0.1) is 0 Å². The van der Waals surface area contributed by atoms with E-state index in [9.17, 15) is 0 Å². The number of thiophene rings is 1. The first kappa shape index (κ1) is 13.7. The summed E-state index contributed by atoms with van der Waals surface area (Å²) in [7, 11) is 2.16. The highest BCUT2D eigenvalue weighted by molar-refractivity contribution is 7.11. The molecule has 1 rings (SSSR count). The largest absolute Gasteiger partial charge is 0.312 e. The van der Waals surface area contributed by atoms with Crippen LogP contribution in [-0.4, -0.2) is 25.0 Å². The zero-order valence-electron chi connectivity index (χ0n) is 10.9. The van der Waals surface area contributed by atoms with Gasteiger partial charge in [-0.3, -0.25) is 0 Å². The average molecular weight is 240 g/mol. The normalized spacial score (nSPS) is 11.6. The van der Waals surface area contributed by atoms with Crippen molar-refractivity contribution in [1.29, 1.82) is 0 Å². The zero-order valence-corrected chi connectivity index (χ0v) is 11.7. The molecule has 2 nitrogen and oxygen atoms in total. The van der Waals surface area contributed by atoms with Crippen molar-refractivity contribution in [3.8, 4) is 0 Å². The Balaban J connectivity index is 2.33. The van der Waals surface area contributed by atoms with Crippen LogP contribution in [0.15, 0.2) is 12.1 Å². The molecule has 0 radical (unpaired) electrons. The summed E-state index contributed by atoms with van der Waals surface area (Å²) in [5, 5.41) is 3.48. The Kier molecular flexibility index (Phi) is 6.03. The number of hydrogen-bond acceptors (Lipinski definition) is 3. The van der Waals surface area contributed by atoms with Gasteiger partial charge in [0.25, 0.3) is 0 Å². The maximum atomic E-state index is 3.48. The third-order valence-corrected chi connectivity index (χ3v) is 3.60. The van der Waals surface area contributed by atoms with E-state index in [1.807, 2.05) is 11.3 Å². The van der Waals surface area contributed by atoms with Crippen LogP contribution in [0, 0.1) is 5.92 Å². The van der Waals surface area contributed by atoms with Crippen molar-refractivity contribution < 1.29 is 0 Å². The van der Waals surface area contributed by atoms with Gasteiger partial charge in [0.15, 0.2) is 0 Å². The highest BCUT2D eigenvalue weighted by atomic mass is 32.1. The van der Waals surface area contributed by atoms with Crippen LogP contribution in [-0.2, 0) is 13.1 Å². The second kappa shape index (κ2) is 7.05. The Labute approximate surface area is 104 Å². The summed E-state index contributed by atoms with van der Waals surface area (Å²) in [6, 6.07) is 4.50. The molecule has 1 heterocycles. The standard InChI is InChI=1S/C13H24N2S/c1-5-15(4)10-13-7-6-12(16-13)9-14-8-11(2)3/h6-7,11,14H,5,8-10H2,1-4H3. The molecule has 1 aromatic rings. The SMILES string of the molecule is CCN(C)Cc1ccc(CNCC(C)C)s1. The van der Waals surface area contributed by atoms with Gasteiger partial charge in [0.2, 0.25) is 0 Å². The van der Waals surface area contributed by atoms with Crippen molar-refractivity contribution in [2.45, 2.75) is 33.9 Å². The Morgan fingerprint density at radius 1 is 1.31 bits per heavy atom. The van der Waals surface area contributed by atoms with E-state index in [0.29, 0.717) is 0 Å². The molecular formula is C13H24N2S. The summed E-state index contributed by atoms with van der Waals surface area (Å²) in [4.78, 5) is 5.24. The lowest BCUT2D eigenvalue weighted by atomic mass is 10.2. The van der Waals surface area contributed by atoms with E-state index in [4.69, 9.17) is 0 Å². The molecule has 3 heteroatoms. The van der Waals surface area contributed by atoms with Gasteiger partial charge in [-0.1, -0.05) is 20.8 Å². The summed E-state index contributed by atoms with van der Waals surface area (Å²) in [6.07, 6.45) is 0. The first-order chi connectivity index (χ1) is 7.61. The molecule has 1 N–H and O–H groups in total. The average Bonchev–Trinajstić information content (AvgIpc) is 2.65. The van der Waals surface area contributed by atoms with Gasteiger partial charge in [0, 0.05) is 22.8 Å². The van der Waals surface area contributed by atoms with Crippen LogP contribution in [0.25, 0.3) is 0 Å². The lowest BCUT2D eigenvalue weighted by molar-refractivity contribution is 0.349. The predicted octanol–water partition coefficient (Wildman–Crippen LogP) is 2.95. The maximum absolute atomic E-state index is 3.48. The van der Waals surface area contributed by atoms with Crippen molar-refractivity contribution in [1.82, 2.24) is 10.2 Å². The molecule has 0 fully saturated rings. The summed E-state index contributed by atoms with van der Waals surface area (Å²) >= 11 is 1.92. The van der Waals surface area contributed by atoms with E-state index >= 15 is 0 Å². The molecule has 16 heavy (non-hydrogen) atoms. The number of nitrogens with zero attached hydrogens (tertiary/aromatic N) is 1. The van der Waals surface area contributed by atoms with Gasteiger partial charge in [-0.15, -0.1) is 11.3 Å². The minimum Gasteiger partial charge on any atom is -0.312 e. The van der Waals surface area contributed by atoms with Crippen molar-refractivity contribution in [2.75, 3.05) is 20.1 Å². The molecule has 1 aromatic heterocycles. The second-order valence-electron chi connectivity index (χ2n) is 4.72. The molecule has 0 spiro atoms. The minimum absolute atomic E-state index is 0.727. The molecule has 0 saturated carbocycles. The smallest absolute Gasteiger partial charge is 0.0324 e. The van der Waals surface area contributed by atoms with Crippen LogP contribution < -0.4 is 5.32 Å². The number of rotatable bonds is 7. The summed E-state index contributed by atoms with van der Waals surface area (Å²) in [5.41, 5.74) is 0. The third-order valence-electron chi connectivity index (χ3n) is 2.53. The van der Waals surface area contributed by atoms with Crippen LogP contribution in [0.5, 0.6) is 0 Å². The third kappa shape index (κ3) is 5.10. The zero-order chi connectivity index (χ0) is 12.0. The van der Waals surface area contributed by atoms with E-state index in [0.717, 1.165) is 32.1 Å². The Morgan fingerprint density at radius 2 is 2.00 bits per heavy atom. The molecule has 0 atom stereocenters. The Hall–Kier alpha value is -0.380. The van der Waals surface area contributed by atoms with Crippen LogP contribution in [0.3, 0.4) is 0 Å². The molecule has 92 valence electrons. The highest BCUT2D eigenvalue weighted by Crippen LogP contribution is 2.17. The Bertz CT molecular complexity index is 294. The van der Waals surface area contributed by atoms with Crippen molar-refractivity contribution in [3.05, 3.63) is 21.9 Å². The van der Waals surface area contributed by atoms with Gasteiger partial charge >= 0.3 is 0 Å². The molecule has 0 aliphatic carbocycles. The Morgan fingerprint density at radius 3 is 2.62 bits per heavy atom. The van der Waals surface area contributed by atoms with Gasteiger partial charge in [-0.2, -0.15) is 0 Å². The van der Waals surface area contributed by atoms with Crippen LogP contribution in [0.4, 0.5) is 0 Å². The molecule has 0 bridgehead atoms. The van der Waals surface area contributed by atoms with E-state index in [-0.39, 0.29) is 0 Å². The minimum atomic E-state index is 0.727. The topological polar surface area (TPSA) is 15.3 Å². The van der Waals surface area contributed by atoms with Crippen LogP contribution in [0.2, 0.25) is 0 Å². The summed E-state index contributed by atoms with van der Waals surface area (Å²) in [6.45, 7) is 11.0. The van der Waals surface area contributed by atoms with Crippen molar-refractivity contribution >= 4 is 11.3 Å². The van der Waals surface area contributed by atoms with E-state index in [1.165, 1.54) is 9.75 Å². The second-order valence-corrected chi connectivity index (χ2v) is 5.98. The summed E-state index contributed by atoms with van der Waals surface area (Å²) in [5.74, 6) is 0.727. The number of nitrogens with one attached hydrogen (secondary N) is 1. The van der Waals surface area contributed by atoms with Crippen molar-refractivity contribution in [2.24, 2.45) is 5.92 Å². The molecule has 0 amide bonds. The van der Waals surface area contributed by atoms with Gasteiger partial charge in [-0.05, 0) is 38.2 Å². The maximum Gasteiger partial charge on any atom is 0.0324 e. The highest BCUT2D eigenvalue weighted by Gasteiger charge is 2.02. The van der Waals surface area contributed by atoms with Gasteiger partial charge in [-0.25, -0.2) is 0 Å². The predicted molar refractivity (Wildman–Crippen MR) is 72.9 cm³/mol. The fourth-order valence-electron chi connectivity index (χ4n) is 1.46. The van der Waals surface area contributed by atoms with Gasteiger partial charge < -0.3 is 10.2 Å². The lowest BCUT2D eigenvalue weighted by Gasteiger charge is -2.11. The van der Waals surface area contributed by atoms with Crippen molar-refractivity contribution in [3.63, 3.8) is 0 Å². The quantitative estimate of drug-likeness (QED) is 0.788. The first-order valence-corrected chi connectivity index (χ1v) is 6.90. The lowest BCUT2D eigenvalue weighted by Crippen LogP contribution is -2.18. The molecule has 0 aromatic carbocycles. The molecule has 0 saturated heterocycles.